The van der Waals surface area contributed by atoms with E-state index in [1.54, 1.807) is 6.08 Å². The predicted molar refractivity (Wildman–Crippen MR) is 109 cm³/mol. The van der Waals surface area contributed by atoms with E-state index >= 15 is 0 Å². The van der Waals surface area contributed by atoms with E-state index in [4.69, 9.17) is 9.47 Å². The summed E-state index contributed by atoms with van der Waals surface area (Å²) in [6.45, 7) is 1.64. The van der Waals surface area contributed by atoms with Crippen LogP contribution in [0.15, 0.2) is 42.5 Å². The Morgan fingerprint density at radius 1 is 1.03 bits per heavy atom. The van der Waals surface area contributed by atoms with Crippen LogP contribution in [-0.4, -0.2) is 30.1 Å². The minimum absolute atomic E-state index is 0.204. The molecule has 148 valence electrons. The molecule has 5 rings (SSSR count). The number of ether oxygens (including phenoxy) is 2. The van der Waals surface area contributed by atoms with E-state index in [9.17, 15) is 9.59 Å². The number of nitrogens with zero attached hydrogens (tertiary/aromatic N) is 1. The number of nitrogens with one attached hydrogen (secondary N) is 1. The first-order valence-corrected chi connectivity index (χ1v) is 9.95. The monoisotopic (exact) mass is 390 g/mol. The number of rotatable bonds is 4. The molecular formula is C23H22N2O4. The van der Waals surface area contributed by atoms with Crippen molar-refractivity contribution in [3.63, 3.8) is 0 Å². The van der Waals surface area contributed by atoms with Crippen LogP contribution in [-0.2, 0) is 22.6 Å². The second-order valence-electron chi connectivity index (χ2n) is 7.70. The first-order chi connectivity index (χ1) is 14.2. The highest BCUT2D eigenvalue weighted by Crippen LogP contribution is 2.34. The van der Waals surface area contributed by atoms with Gasteiger partial charge in [-0.05, 0) is 66.3 Å². The van der Waals surface area contributed by atoms with Gasteiger partial charge in [0.25, 0.3) is 0 Å². The molecule has 2 amide bonds. The summed E-state index contributed by atoms with van der Waals surface area (Å²) in [5, 5.41) is 2.91. The SMILES string of the molecule is O=C(C=Cc1ccc2c(c1)OCO2)Nc1ccc2c(c1)CN(C(=O)C1CC1)CC2. The maximum absolute atomic E-state index is 12.4. The van der Waals surface area contributed by atoms with E-state index in [0.29, 0.717) is 12.3 Å². The topological polar surface area (TPSA) is 67.9 Å². The summed E-state index contributed by atoms with van der Waals surface area (Å²) >= 11 is 0. The van der Waals surface area contributed by atoms with Gasteiger partial charge in [0.1, 0.15) is 0 Å². The van der Waals surface area contributed by atoms with Gasteiger partial charge in [0.15, 0.2) is 11.5 Å². The van der Waals surface area contributed by atoms with Gasteiger partial charge >= 0.3 is 0 Å². The molecule has 0 spiro atoms. The van der Waals surface area contributed by atoms with Gasteiger partial charge in [0.2, 0.25) is 18.6 Å². The Morgan fingerprint density at radius 3 is 2.76 bits per heavy atom. The van der Waals surface area contributed by atoms with Crippen LogP contribution in [0.25, 0.3) is 6.08 Å². The van der Waals surface area contributed by atoms with Crippen molar-refractivity contribution in [3.05, 3.63) is 59.2 Å². The van der Waals surface area contributed by atoms with Crippen LogP contribution in [0.4, 0.5) is 5.69 Å². The van der Waals surface area contributed by atoms with Gasteiger partial charge in [-0.2, -0.15) is 0 Å². The molecule has 0 bridgehead atoms. The fourth-order valence-corrected chi connectivity index (χ4v) is 3.78. The number of anilines is 1. The van der Waals surface area contributed by atoms with E-state index in [1.165, 1.54) is 11.6 Å². The Kier molecular flexibility index (Phi) is 4.46. The molecule has 2 aliphatic heterocycles. The highest BCUT2D eigenvalue weighted by Gasteiger charge is 2.34. The van der Waals surface area contributed by atoms with Crippen molar-refractivity contribution in [2.45, 2.75) is 25.8 Å². The van der Waals surface area contributed by atoms with E-state index in [1.807, 2.05) is 41.3 Å². The third-order valence-electron chi connectivity index (χ3n) is 5.55. The van der Waals surface area contributed by atoms with Crippen LogP contribution in [0.2, 0.25) is 0 Å². The molecule has 2 aromatic carbocycles. The number of carbonyl (C=O) groups excluding carboxylic acids is 2. The molecule has 0 aromatic heterocycles. The Hall–Kier alpha value is -3.28. The number of carbonyl (C=O) groups is 2. The zero-order valence-corrected chi connectivity index (χ0v) is 16.0. The Morgan fingerprint density at radius 2 is 1.90 bits per heavy atom. The van der Waals surface area contributed by atoms with Crippen molar-refractivity contribution >= 4 is 23.6 Å². The third kappa shape index (κ3) is 3.83. The lowest BCUT2D eigenvalue weighted by atomic mass is 9.98. The van der Waals surface area contributed by atoms with Crippen molar-refractivity contribution in [1.29, 1.82) is 0 Å². The standard InChI is InChI=1S/C23H22N2O4/c26-22(8-2-15-1-7-20-21(11-15)29-14-28-20)24-19-6-5-16-9-10-25(13-18(16)12-19)23(27)17-3-4-17/h1-2,5-8,11-12,17H,3-4,9-10,13-14H2,(H,24,26). The quantitative estimate of drug-likeness (QED) is 0.813. The average Bonchev–Trinajstić information content (AvgIpc) is 3.48. The lowest BCUT2D eigenvalue weighted by Gasteiger charge is -2.29. The number of fused-ring (bicyclic) bond motifs is 2. The zero-order valence-electron chi connectivity index (χ0n) is 16.0. The smallest absolute Gasteiger partial charge is 0.248 e. The first kappa shape index (κ1) is 17.8. The highest BCUT2D eigenvalue weighted by molar-refractivity contribution is 6.02. The Balaban J connectivity index is 1.24. The highest BCUT2D eigenvalue weighted by atomic mass is 16.7. The fourth-order valence-electron chi connectivity index (χ4n) is 3.78. The van der Waals surface area contributed by atoms with Crippen LogP contribution < -0.4 is 14.8 Å². The molecule has 2 aromatic rings. The zero-order chi connectivity index (χ0) is 19.8. The van der Waals surface area contributed by atoms with Crippen molar-refractivity contribution in [3.8, 4) is 11.5 Å². The maximum atomic E-state index is 12.4. The van der Waals surface area contributed by atoms with Crippen LogP contribution in [0, 0.1) is 5.92 Å². The van der Waals surface area contributed by atoms with Gasteiger partial charge in [0.05, 0.1) is 0 Å². The summed E-state index contributed by atoms with van der Waals surface area (Å²) in [5.74, 6) is 1.71. The largest absolute Gasteiger partial charge is 0.454 e. The second kappa shape index (κ2) is 7.28. The summed E-state index contributed by atoms with van der Waals surface area (Å²) in [5.41, 5.74) is 3.97. The van der Waals surface area contributed by atoms with Gasteiger partial charge in [0, 0.05) is 30.8 Å². The molecule has 6 nitrogen and oxygen atoms in total. The number of amides is 2. The van der Waals surface area contributed by atoms with Crippen molar-refractivity contribution < 1.29 is 19.1 Å². The molecular weight excluding hydrogens is 368 g/mol. The van der Waals surface area contributed by atoms with Crippen molar-refractivity contribution in [2.24, 2.45) is 5.92 Å². The van der Waals surface area contributed by atoms with Gasteiger partial charge in [-0.3, -0.25) is 9.59 Å². The molecule has 2 heterocycles. The van der Waals surface area contributed by atoms with Gasteiger partial charge in [-0.15, -0.1) is 0 Å². The third-order valence-corrected chi connectivity index (χ3v) is 5.55. The number of benzene rings is 2. The van der Waals surface area contributed by atoms with Gasteiger partial charge in [-0.1, -0.05) is 12.1 Å². The molecule has 1 fully saturated rings. The van der Waals surface area contributed by atoms with E-state index in [2.05, 4.69) is 5.32 Å². The van der Waals surface area contributed by atoms with Crippen LogP contribution >= 0.6 is 0 Å². The minimum Gasteiger partial charge on any atom is -0.454 e. The van der Waals surface area contributed by atoms with Crippen LogP contribution in [0.3, 0.4) is 0 Å². The molecule has 0 atom stereocenters. The molecule has 0 unspecified atom stereocenters. The molecule has 1 saturated carbocycles. The molecule has 3 aliphatic rings. The second-order valence-corrected chi connectivity index (χ2v) is 7.70. The minimum atomic E-state index is -0.204. The van der Waals surface area contributed by atoms with E-state index in [0.717, 1.165) is 48.4 Å². The normalized spacial score (nSPS) is 17.3. The Labute approximate surface area is 169 Å². The molecule has 29 heavy (non-hydrogen) atoms. The lowest BCUT2D eigenvalue weighted by molar-refractivity contribution is -0.133. The summed E-state index contributed by atoms with van der Waals surface area (Å²) in [7, 11) is 0. The van der Waals surface area contributed by atoms with Crippen LogP contribution in [0.1, 0.15) is 29.5 Å². The van der Waals surface area contributed by atoms with Crippen LogP contribution in [0.5, 0.6) is 11.5 Å². The van der Waals surface area contributed by atoms with E-state index in [-0.39, 0.29) is 24.5 Å². The average molecular weight is 390 g/mol. The first-order valence-electron chi connectivity index (χ1n) is 9.95. The summed E-state index contributed by atoms with van der Waals surface area (Å²) in [4.78, 5) is 26.6. The molecule has 1 N–H and O–H groups in total. The Bertz CT molecular complexity index is 1010. The number of hydrogen-bond donors (Lipinski definition) is 1. The number of hydrogen-bond acceptors (Lipinski definition) is 4. The molecule has 6 heteroatoms. The summed E-state index contributed by atoms with van der Waals surface area (Å²) in [6.07, 6.45) is 6.15. The molecule has 0 radical (unpaired) electrons. The molecule has 1 aliphatic carbocycles. The predicted octanol–water partition coefficient (Wildman–Crippen LogP) is 3.36. The van der Waals surface area contributed by atoms with Crippen molar-refractivity contribution in [2.75, 3.05) is 18.7 Å². The lowest BCUT2D eigenvalue weighted by Crippen LogP contribution is -2.36. The maximum Gasteiger partial charge on any atom is 0.248 e. The van der Waals surface area contributed by atoms with E-state index < -0.39 is 0 Å². The van der Waals surface area contributed by atoms with Gasteiger partial charge < -0.3 is 19.7 Å². The van der Waals surface area contributed by atoms with Gasteiger partial charge in [-0.25, -0.2) is 0 Å². The summed E-state index contributed by atoms with van der Waals surface area (Å²) in [6, 6.07) is 11.5. The fraction of sp³-hybridized carbons (Fsp3) is 0.304. The van der Waals surface area contributed by atoms with Crippen molar-refractivity contribution in [1.82, 2.24) is 4.90 Å². The summed E-state index contributed by atoms with van der Waals surface area (Å²) < 4.78 is 10.6. The molecule has 0 saturated heterocycles.